The predicted molar refractivity (Wildman–Crippen MR) is 192 cm³/mol. The van der Waals surface area contributed by atoms with Crippen molar-refractivity contribution in [2.45, 2.75) is 75.2 Å². The van der Waals surface area contributed by atoms with E-state index < -0.39 is 17.9 Å². The van der Waals surface area contributed by atoms with Crippen molar-refractivity contribution in [3.8, 4) is 22.6 Å². The molecule has 0 spiro atoms. The summed E-state index contributed by atoms with van der Waals surface area (Å²) in [4.78, 5) is 49.3. The quantitative estimate of drug-likeness (QED) is 0.0301. The van der Waals surface area contributed by atoms with E-state index in [0.29, 0.717) is 24.3 Å². The van der Waals surface area contributed by atoms with E-state index in [1.54, 1.807) is 24.3 Å². The van der Waals surface area contributed by atoms with Crippen LogP contribution in [0.25, 0.3) is 11.1 Å². The van der Waals surface area contributed by atoms with Gasteiger partial charge in [-0.15, -0.1) is 0 Å². The molecule has 0 atom stereocenters. The van der Waals surface area contributed by atoms with E-state index in [-0.39, 0.29) is 36.4 Å². The lowest BCUT2D eigenvalue weighted by Crippen LogP contribution is -2.22. The first-order valence-electron chi connectivity index (χ1n) is 16.9. The molecule has 0 bridgehead atoms. The lowest BCUT2D eigenvalue weighted by molar-refractivity contribution is -0.151. The summed E-state index contributed by atoms with van der Waals surface area (Å²) in [5.41, 5.74) is 2.61. The molecule has 3 aromatic rings. The Bertz CT molecular complexity index is 1570. The van der Waals surface area contributed by atoms with Gasteiger partial charge in [0.15, 0.2) is 6.61 Å². The third-order valence-electron chi connectivity index (χ3n) is 7.95. The molecule has 0 aromatic heterocycles. The molecule has 0 heterocycles. The molecule has 50 heavy (non-hydrogen) atoms. The zero-order chi connectivity index (χ0) is 35.6. The van der Waals surface area contributed by atoms with Crippen molar-refractivity contribution in [3.05, 3.63) is 103 Å². The van der Waals surface area contributed by atoms with Crippen molar-refractivity contribution in [1.82, 2.24) is 0 Å². The van der Waals surface area contributed by atoms with Crippen LogP contribution in [0.4, 0.5) is 0 Å². The Morgan fingerprint density at radius 1 is 0.720 bits per heavy atom. The second-order valence-electron chi connectivity index (χ2n) is 11.8. The van der Waals surface area contributed by atoms with Gasteiger partial charge in [-0.3, -0.25) is 9.59 Å². The Balaban J connectivity index is 1.07. The Kier molecular flexibility index (Phi) is 15.7. The fourth-order valence-electron chi connectivity index (χ4n) is 5.25. The molecule has 9 nitrogen and oxygen atoms in total. The Hall–Kier alpha value is -4.83. The molecule has 4 rings (SSSR count). The van der Waals surface area contributed by atoms with E-state index in [0.717, 1.165) is 84.7 Å². The number of rotatable bonds is 19. The van der Waals surface area contributed by atoms with Gasteiger partial charge in [0.25, 0.3) is 0 Å². The molecule has 10 heteroatoms. The molecule has 1 fully saturated rings. The molecule has 0 amide bonds. The molecule has 3 aromatic carbocycles. The average molecular weight is 701 g/mol. The zero-order valence-corrected chi connectivity index (χ0v) is 29.1. The van der Waals surface area contributed by atoms with Gasteiger partial charge in [0.05, 0.1) is 25.9 Å². The summed E-state index contributed by atoms with van der Waals surface area (Å²) in [6.07, 6.45) is 9.34. The second-order valence-corrected chi connectivity index (χ2v) is 12.9. The molecule has 1 aliphatic carbocycles. The number of ether oxygens (including phenoxy) is 5. The van der Waals surface area contributed by atoms with Crippen LogP contribution in [0.2, 0.25) is 0 Å². The highest BCUT2D eigenvalue weighted by Gasteiger charge is 2.20. The fourth-order valence-corrected chi connectivity index (χ4v) is 5.99. The minimum Gasteiger partial charge on any atom is -0.494 e. The number of carbonyl (C=O) groups excluding carboxylic acids is 4. The normalized spacial score (nSPS) is 12.7. The highest BCUT2D eigenvalue weighted by molar-refractivity contribution is 8.14. The highest BCUT2D eigenvalue weighted by Crippen LogP contribution is 2.28. The van der Waals surface area contributed by atoms with E-state index >= 15 is 0 Å². The molecular weight excluding hydrogens is 656 g/mol. The molecule has 0 aliphatic heterocycles. The van der Waals surface area contributed by atoms with Crippen molar-refractivity contribution >= 4 is 34.8 Å². The molecule has 1 saturated carbocycles. The molecule has 1 aliphatic rings. The maximum absolute atomic E-state index is 12.9. The van der Waals surface area contributed by atoms with E-state index in [9.17, 15) is 19.2 Å². The van der Waals surface area contributed by atoms with Gasteiger partial charge >= 0.3 is 17.9 Å². The van der Waals surface area contributed by atoms with Crippen LogP contribution in [-0.2, 0) is 28.6 Å². The van der Waals surface area contributed by atoms with Crippen molar-refractivity contribution in [2.24, 2.45) is 0 Å². The molecule has 0 N–H and O–H groups in total. The third kappa shape index (κ3) is 13.2. The number of esters is 3. The van der Waals surface area contributed by atoms with Crippen LogP contribution >= 0.6 is 11.8 Å². The number of thioether (sulfide) groups is 1. The Morgan fingerprint density at radius 2 is 1.32 bits per heavy atom. The van der Waals surface area contributed by atoms with Crippen molar-refractivity contribution in [3.63, 3.8) is 0 Å². The summed E-state index contributed by atoms with van der Waals surface area (Å²) in [6.45, 7) is 7.65. The van der Waals surface area contributed by atoms with Gasteiger partial charge in [-0.25, -0.2) is 9.59 Å². The van der Waals surface area contributed by atoms with E-state index in [1.165, 1.54) is 6.42 Å². The van der Waals surface area contributed by atoms with Gasteiger partial charge in [0.2, 0.25) is 5.12 Å². The monoisotopic (exact) mass is 700 g/mol. The fraction of sp³-hybridized carbons (Fsp3) is 0.350. The first-order chi connectivity index (χ1) is 24.3. The molecule has 0 saturated heterocycles. The number of benzene rings is 3. The van der Waals surface area contributed by atoms with Crippen LogP contribution in [0.5, 0.6) is 11.5 Å². The van der Waals surface area contributed by atoms with Gasteiger partial charge in [-0.2, -0.15) is 0 Å². The van der Waals surface area contributed by atoms with Crippen molar-refractivity contribution in [2.75, 3.05) is 19.8 Å². The van der Waals surface area contributed by atoms with Gasteiger partial charge in [-0.1, -0.05) is 43.8 Å². The van der Waals surface area contributed by atoms with Crippen LogP contribution in [0.3, 0.4) is 0 Å². The maximum atomic E-state index is 12.9. The van der Waals surface area contributed by atoms with Gasteiger partial charge in [-0.05, 0) is 123 Å². The van der Waals surface area contributed by atoms with E-state index in [4.69, 9.17) is 18.9 Å². The van der Waals surface area contributed by atoms with Crippen molar-refractivity contribution < 1.29 is 42.9 Å². The second kappa shape index (κ2) is 20.6. The summed E-state index contributed by atoms with van der Waals surface area (Å²) in [7, 11) is 0. The standard InChI is InChI=1S/C40H44O9S/c1-3-45-38(42)28-48-34-19-17-31(18-20-34)30-13-15-32(16-14-30)40(44)50-36-23-21-33(22-24-36)46-25-9-4-5-10-26-47-39(43)29(2)27-37(41)49-35-11-7-6-8-12-35/h3,13-24,35H,1-2,4-12,25-28H2. The van der Waals surface area contributed by atoms with Crippen molar-refractivity contribution in [1.29, 1.82) is 0 Å². The number of hydrogen-bond donors (Lipinski definition) is 0. The first kappa shape index (κ1) is 38.0. The minimum atomic E-state index is -0.548. The summed E-state index contributed by atoms with van der Waals surface area (Å²) in [5, 5.41) is -0.0625. The van der Waals surface area contributed by atoms with Crippen LogP contribution < -0.4 is 9.47 Å². The van der Waals surface area contributed by atoms with Crippen LogP contribution in [0.15, 0.2) is 103 Å². The maximum Gasteiger partial charge on any atom is 0.348 e. The number of carbonyl (C=O) groups is 4. The van der Waals surface area contributed by atoms with Crippen LogP contribution in [-0.4, -0.2) is 48.9 Å². The predicted octanol–water partition coefficient (Wildman–Crippen LogP) is 8.66. The van der Waals surface area contributed by atoms with Crippen LogP contribution in [0.1, 0.15) is 74.6 Å². The largest absolute Gasteiger partial charge is 0.494 e. The molecule has 0 radical (unpaired) electrons. The number of hydrogen-bond acceptors (Lipinski definition) is 10. The third-order valence-corrected chi connectivity index (χ3v) is 8.88. The molecular formula is C40H44O9S. The van der Waals surface area contributed by atoms with E-state index in [1.807, 2.05) is 48.5 Å². The minimum absolute atomic E-state index is 0.0420. The van der Waals surface area contributed by atoms with Gasteiger partial charge < -0.3 is 23.7 Å². The van der Waals surface area contributed by atoms with Gasteiger partial charge in [0, 0.05) is 16.0 Å². The Morgan fingerprint density at radius 3 is 1.98 bits per heavy atom. The molecule has 264 valence electrons. The highest BCUT2D eigenvalue weighted by atomic mass is 32.2. The number of unbranched alkanes of at least 4 members (excludes halogenated alkanes) is 3. The topological polar surface area (TPSA) is 114 Å². The summed E-state index contributed by atoms with van der Waals surface area (Å²) >= 11 is 1.15. The summed E-state index contributed by atoms with van der Waals surface area (Å²) < 4.78 is 26.6. The first-order valence-corrected chi connectivity index (χ1v) is 17.8. The average Bonchev–Trinajstić information content (AvgIpc) is 3.13. The molecule has 0 unspecified atom stereocenters. The summed E-state index contributed by atoms with van der Waals surface area (Å²) in [5.74, 6) is -0.220. The lowest BCUT2D eigenvalue weighted by Gasteiger charge is -2.21. The van der Waals surface area contributed by atoms with Crippen LogP contribution in [0, 0.1) is 0 Å². The zero-order valence-electron chi connectivity index (χ0n) is 28.3. The Labute approximate surface area is 298 Å². The van der Waals surface area contributed by atoms with Gasteiger partial charge in [0.1, 0.15) is 17.6 Å². The summed E-state index contributed by atoms with van der Waals surface area (Å²) in [6, 6.07) is 22.1. The SMILES string of the molecule is C=COC(=O)COc1ccc(-c2ccc(C(=O)Sc3ccc(OCCCCCCOC(=O)C(=C)CC(=O)OC4CCCCC4)cc3)cc2)cc1. The lowest BCUT2D eigenvalue weighted by atomic mass is 9.98. The van der Waals surface area contributed by atoms with E-state index in [2.05, 4.69) is 17.9 Å². The smallest absolute Gasteiger partial charge is 0.348 e.